The zero-order valence-corrected chi connectivity index (χ0v) is 14.0. The SMILES string of the molecule is COc1ccc(C2CCCN2C(=O)CN2CCC[C@@H]2C(=O)O)cc1. The predicted molar refractivity (Wildman–Crippen MR) is 88.9 cm³/mol. The molecule has 2 aliphatic heterocycles. The summed E-state index contributed by atoms with van der Waals surface area (Å²) in [6, 6.07) is 7.40. The Morgan fingerprint density at radius 3 is 2.54 bits per heavy atom. The summed E-state index contributed by atoms with van der Waals surface area (Å²) in [4.78, 5) is 27.7. The van der Waals surface area contributed by atoms with Crippen LogP contribution in [0.25, 0.3) is 0 Å². The summed E-state index contributed by atoms with van der Waals surface area (Å²) in [7, 11) is 1.63. The number of carboxylic acid groups (broad SMARTS) is 1. The van der Waals surface area contributed by atoms with Crippen molar-refractivity contribution in [3.8, 4) is 5.75 Å². The van der Waals surface area contributed by atoms with Crippen molar-refractivity contribution in [1.82, 2.24) is 9.80 Å². The van der Waals surface area contributed by atoms with Gasteiger partial charge in [0.05, 0.1) is 19.7 Å². The van der Waals surface area contributed by atoms with Crippen LogP contribution < -0.4 is 4.74 Å². The Hall–Kier alpha value is -2.08. The maximum Gasteiger partial charge on any atom is 0.320 e. The van der Waals surface area contributed by atoms with Crippen LogP contribution in [0.4, 0.5) is 0 Å². The maximum absolute atomic E-state index is 12.7. The molecular weight excluding hydrogens is 308 g/mol. The molecule has 2 fully saturated rings. The second-order valence-corrected chi connectivity index (χ2v) is 6.49. The minimum atomic E-state index is -0.826. The fourth-order valence-corrected chi connectivity index (χ4v) is 3.80. The van der Waals surface area contributed by atoms with Crippen LogP contribution in [0, 0.1) is 0 Å². The van der Waals surface area contributed by atoms with Gasteiger partial charge in [0, 0.05) is 6.54 Å². The van der Waals surface area contributed by atoms with E-state index >= 15 is 0 Å². The van der Waals surface area contributed by atoms with Crippen LogP contribution >= 0.6 is 0 Å². The molecule has 1 aromatic carbocycles. The van der Waals surface area contributed by atoms with Gasteiger partial charge >= 0.3 is 5.97 Å². The summed E-state index contributed by atoms with van der Waals surface area (Å²) in [6.07, 6.45) is 3.39. The highest BCUT2D eigenvalue weighted by atomic mass is 16.5. The van der Waals surface area contributed by atoms with Crippen molar-refractivity contribution in [3.63, 3.8) is 0 Å². The van der Waals surface area contributed by atoms with E-state index in [1.165, 1.54) is 0 Å². The van der Waals surface area contributed by atoms with Crippen LogP contribution in [-0.2, 0) is 9.59 Å². The first kappa shape index (κ1) is 16.8. The molecule has 130 valence electrons. The van der Waals surface area contributed by atoms with Gasteiger partial charge in [-0.05, 0) is 49.9 Å². The van der Waals surface area contributed by atoms with Gasteiger partial charge in [-0.15, -0.1) is 0 Å². The molecule has 2 aliphatic rings. The first-order valence-electron chi connectivity index (χ1n) is 8.50. The molecular formula is C18H24N2O4. The van der Waals surface area contributed by atoms with Gasteiger partial charge < -0.3 is 14.7 Å². The first-order chi connectivity index (χ1) is 11.6. The number of rotatable bonds is 5. The van der Waals surface area contributed by atoms with E-state index in [1.807, 2.05) is 29.2 Å². The molecule has 1 aromatic rings. The van der Waals surface area contributed by atoms with E-state index in [4.69, 9.17) is 4.74 Å². The van der Waals surface area contributed by atoms with E-state index in [-0.39, 0.29) is 18.5 Å². The smallest absolute Gasteiger partial charge is 0.320 e. The molecule has 0 spiro atoms. The predicted octanol–water partition coefficient (Wildman–Crippen LogP) is 1.91. The van der Waals surface area contributed by atoms with Gasteiger partial charge in [0.1, 0.15) is 11.8 Å². The lowest BCUT2D eigenvalue weighted by atomic mass is 10.0. The highest BCUT2D eigenvalue weighted by Crippen LogP contribution is 2.33. The van der Waals surface area contributed by atoms with Crippen LogP contribution in [0.1, 0.15) is 37.3 Å². The van der Waals surface area contributed by atoms with Gasteiger partial charge in [0.25, 0.3) is 0 Å². The summed E-state index contributed by atoms with van der Waals surface area (Å²) in [6.45, 7) is 1.62. The Morgan fingerprint density at radius 2 is 1.88 bits per heavy atom. The van der Waals surface area contributed by atoms with Crippen molar-refractivity contribution in [1.29, 1.82) is 0 Å². The topological polar surface area (TPSA) is 70.1 Å². The van der Waals surface area contributed by atoms with E-state index in [0.717, 1.165) is 37.1 Å². The maximum atomic E-state index is 12.7. The average Bonchev–Trinajstić information content (AvgIpc) is 3.24. The Kier molecular flexibility index (Phi) is 5.04. The molecule has 0 saturated carbocycles. The normalized spacial score (nSPS) is 24.3. The Balaban J connectivity index is 1.68. The molecule has 2 saturated heterocycles. The average molecular weight is 332 g/mol. The molecule has 0 aliphatic carbocycles. The molecule has 0 bridgehead atoms. The van der Waals surface area contributed by atoms with Gasteiger partial charge in [-0.3, -0.25) is 14.5 Å². The Morgan fingerprint density at radius 1 is 1.17 bits per heavy atom. The second-order valence-electron chi connectivity index (χ2n) is 6.49. The zero-order valence-electron chi connectivity index (χ0n) is 14.0. The lowest BCUT2D eigenvalue weighted by Gasteiger charge is -2.28. The largest absolute Gasteiger partial charge is 0.497 e. The quantitative estimate of drug-likeness (QED) is 0.892. The van der Waals surface area contributed by atoms with Crippen LogP contribution in [0.2, 0.25) is 0 Å². The molecule has 2 heterocycles. The van der Waals surface area contributed by atoms with Crippen molar-refractivity contribution >= 4 is 11.9 Å². The third-order valence-electron chi connectivity index (χ3n) is 5.06. The van der Waals surface area contributed by atoms with Crippen molar-refractivity contribution in [2.45, 2.75) is 37.8 Å². The van der Waals surface area contributed by atoms with Gasteiger partial charge in [0.15, 0.2) is 0 Å². The van der Waals surface area contributed by atoms with Crippen LogP contribution in [0.5, 0.6) is 5.75 Å². The summed E-state index contributed by atoms with van der Waals surface area (Å²) < 4.78 is 5.19. The number of aliphatic carboxylic acids is 1. The Bertz CT molecular complexity index is 602. The number of benzene rings is 1. The minimum Gasteiger partial charge on any atom is -0.497 e. The number of amides is 1. The lowest BCUT2D eigenvalue weighted by molar-refractivity contribution is -0.143. The summed E-state index contributed by atoms with van der Waals surface area (Å²) in [5.41, 5.74) is 1.11. The van der Waals surface area contributed by atoms with Crippen molar-refractivity contribution in [3.05, 3.63) is 29.8 Å². The molecule has 1 unspecified atom stereocenters. The number of carboxylic acids is 1. The van der Waals surface area contributed by atoms with Crippen LogP contribution in [-0.4, -0.2) is 59.6 Å². The third-order valence-corrected chi connectivity index (χ3v) is 5.06. The van der Waals surface area contributed by atoms with E-state index < -0.39 is 12.0 Å². The lowest BCUT2D eigenvalue weighted by Crippen LogP contribution is -2.44. The molecule has 6 nitrogen and oxygen atoms in total. The molecule has 24 heavy (non-hydrogen) atoms. The molecule has 2 atom stereocenters. The number of hydrogen-bond acceptors (Lipinski definition) is 4. The van der Waals surface area contributed by atoms with Crippen molar-refractivity contribution in [2.24, 2.45) is 0 Å². The molecule has 1 N–H and O–H groups in total. The van der Waals surface area contributed by atoms with Gasteiger partial charge in [-0.1, -0.05) is 12.1 Å². The monoisotopic (exact) mass is 332 g/mol. The Labute approximate surface area is 142 Å². The van der Waals surface area contributed by atoms with Crippen molar-refractivity contribution in [2.75, 3.05) is 26.7 Å². The number of carbonyl (C=O) groups excluding carboxylic acids is 1. The number of carbonyl (C=O) groups is 2. The minimum absolute atomic E-state index is 0.0291. The van der Waals surface area contributed by atoms with E-state index in [2.05, 4.69) is 0 Å². The number of nitrogens with zero attached hydrogens (tertiary/aromatic N) is 2. The number of likely N-dealkylation sites (tertiary alicyclic amines) is 2. The van der Waals surface area contributed by atoms with Crippen molar-refractivity contribution < 1.29 is 19.4 Å². The number of methoxy groups -OCH3 is 1. The second kappa shape index (κ2) is 7.21. The van der Waals surface area contributed by atoms with Crippen LogP contribution in [0.15, 0.2) is 24.3 Å². The highest BCUT2D eigenvalue weighted by Gasteiger charge is 2.35. The standard InChI is InChI=1S/C18H24N2O4/c1-24-14-8-6-13(7-9-14)15-4-3-11-20(15)17(21)12-19-10-2-5-16(19)18(22)23/h6-9,15-16H,2-5,10-12H2,1H3,(H,22,23)/t15?,16-/m1/s1. The highest BCUT2D eigenvalue weighted by molar-refractivity contribution is 5.81. The summed E-state index contributed by atoms with van der Waals surface area (Å²) in [5.74, 6) is 0.00545. The summed E-state index contributed by atoms with van der Waals surface area (Å²) in [5, 5.41) is 9.26. The number of ether oxygens (including phenoxy) is 1. The molecule has 3 rings (SSSR count). The fourth-order valence-electron chi connectivity index (χ4n) is 3.80. The molecule has 0 radical (unpaired) electrons. The first-order valence-corrected chi connectivity index (χ1v) is 8.50. The molecule has 1 amide bonds. The van der Waals surface area contributed by atoms with Gasteiger partial charge in [0.2, 0.25) is 5.91 Å². The fraction of sp³-hybridized carbons (Fsp3) is 0.556. The van der Waals surface area contributed by atoms with Gasteiger partial charge in [-0.2, -0.15) is 0 Å². The number of hydrogen-bond donors (Lipinski definition) is 1. The van der Waals surface area contributed by atoms with Gasteiger partial charge in [-0.25, -0.2) is 0 Å². The zero-order chi connectivity index (χ0) is 17.1. The van der Waals surface area contributed by atoms with E-state index in [1.54, 1.807) is 12.0 Å². The van der Waals surface area contributed by atoms with Crippen LogP contribution in [0.3, 0.4) is 0 Å². The third kappa shape index (κ3) is 3.38. The molecule has 0 aromatic heterocycles. The van der Waals surface area contributed by atoms with E-state index in [0.29, 0.717) is 13.0 Å². The van der Waals surface area contributed by atoms with E-state index in [9.17, 15) is 14.7 Å². The summed E-state index contributed by atoms with van der Waals surface area (Å²) >= 11 is 0. The molecule has 6 heteroatoms.